The van der Waals surface area contributed by atoms with Crippen molar-refractivity contribution >= 4 is 46.3 Å². The van der Waals surface area contributed by atoms with E-state index in [1.54, 1.807) is 42.7 Å². The van der Waals surface area contributed by atoms with E-state index in [4.69, 9.17) is 27.9 Å². The third-order valence-corrected chi connectivity index (χ3v) is 5.59. The maximum absolute atomic E-state index is 13.4. The number of nitrogens with zero attached hydrogens (tertiary/aromatic N) is 2. The molecule has 0 atom stereocenters. The maximum atomic E-state index is 13.4. The first-order valence-electron chi connectivity index (χ1n) is 9.75. The summed E-state index contributed by atoms with van der Waals surface area (Å²) in [7, 11) is 1.54. The average Bonchev–Trinajstić information content (AvgIpc) is 2.99. The van der Waals surface area contributed by atoms with Gasteiger partial charge in [-0.3, -0.25) is 19.5 Å². The lowest BCUT2D eigenvalue weighted by molar-refractivity contribution is -0.137. The number of carbonyl (C=O) groups is 2. The molecule has 1 aliphatic rings. The van der Waals surface area contributed by atoms with Crippen LogP contribution >= 0.6 is 23.2 Å². The first-order valence-corrected chi connectivity index (χ1v) is 10.5. The van der Waals surface area contributed by atoms with E-state index in [2.05, 4.69) is 10.3 Å². The molecule has 6 nitrogen and oxygen atoms in total. The minimum atomic E-state index is -0.469. The van der Waals surface area contributed by atoms with Crippen LogP contribution in [0.2, 0.25) is 10.0 Å². The SMILES string of the molecule is COc1ccc(C)cc1NC1=C(c2ccc(Cl)cc2Cl)C(=O)N(Cc2cccnc2)C1=O. The molecule has 1 aromatic heterocycles. The van der Waals surface area contributed by atoms with Crippen molar-refractivity contribution in [2.24, 2.45) is 0 Å². The van der Waals surface area contributed by atoms with Crippen LogP contribution in [0.25, 0.3) is 5.57 Å². The molecule has 0 bridgehead atoms. The number of carbonyl (C=O) groups excluding carboxylic acids is 2. The number of hydrogen-bond donors (Lipinski definition) is 1. The number of anilines is 1. The van der Waals surface area contributed by atoms with Gasteiger partial charge >= 0.3 is 0 Å². The normalized spacial score (nSPS) is 13.7. The van der Waals surface area contributed by atoms with E-state index in [0.29, 0.717) is 22.0 Å². The molecule has 0 saturated carbocycles. The molecule has 0 spiro atoms. The Bertz CT molecular complexity index is 1240. The van der Waals surface area contributed by atoms with Gasteiger partial charge < -0.3 is 10.1 Å². The van der Waals surface area contributed by atoms with Crippen molar-refractivity contribution in [3.05, 3.63) is 93.4 Å². The summed E-state index contributed by atoms with van der Waals surface area (Å²) < 4.78 is 5.43. The second kappa shape index (κ2) is 9.02. The predicted molar refractivity (Wildman–Crippen MR) is 125 cm³/mol. The molecule has 0 aliphatic carbocycles. The lowest BCUT2D eigenvalue weighted by Gasteiger charge is -2.16. The molecule has 0 fully saturated rings. The van der Waals surface area contributed by atoms with Crippen LogP contribution in [0.3, 0.4) is 0 Å². The van der Waals surface area contributed by atoms with Gasteiger partial charge in [0.05, 0.1) is 29.9 Å². The predicted octanol–water partition coefficient (Wildman–Crippen LogP) is 5.10. The van der Waals surface area contributed by atoms with Crippen LogP contribution in [0.1, 0.15) is 16.7 Å². The first-order chi connectivity index (χ1) is 15.4. The van der Waals surface area contributed by atoms with Crippen LogP contribution in [-0.4, -0.2) is 28.8 Å². The largest absolute Gasteiger partial charge is 0.495 e. The van der Waals surface area contributed by atoms with E-state index in [1.807, 2.05) is 19.1 Å². The number of imide groups is 1. The second-order valence-corrected chi connectivity index (χ2v) is 8.10. The first kappa shape index (κ1) is 21.9. The fourth-order valence-electron chi connectivity index (χ4n) is 3.51. The Morgan fingerprint density at radius 1 is 1.06 bits per heavy atom. The number of benzene rings is 2. The fraction of sp³-hybridized carbons (Fsp3) is 0.125. The summed E-state index contributed by atoms with van der Waals surface area (Å²) in [5.41, 5.74) is 2.96. The third kappa shape index (κ3) is 4.20. The van der Waals surface area contributed by atoms with Crippen molar-refractivity contribution in [2.75, 3.05) is 12.4 Å². The van der Waals surface area contributed by atoms with Crippen LogP contribution in [0.4, 0.5) is 5.69 Å². The molecule has 0 saturated heterocycles. The number of pyridine rings is 1. The molecular formula is C24H19Cl2N3O3. The van der Waals surface area contributed by atoms with Crippen molar-refractivity contribution in [2.45, 2.75) is 13.5 Å². The van der Waals surface area contributed by atoms with Crippen LogP contribution in [0, 0.1) is 6.92 Å². The number of rotatable bonds is 6. The number of aromatic nitrogens is 1. The topological polar surface area (TPSA) is 71.5 Å². The highest BCUT2D eigenvalue weighted by Crippen LogP contribution is 2.37. The van der Waals surface area contributed by atoms with Crippen molar-refractivity contribution in [3.63, 3.8) is 0 Å². The summed E-state index contributed by atoms with van der Waals surface area (Å²) in [4.78, 5) is 32.1. The molecule has 162 valence electrons. The van der Waals surface area contributed by atoms with Gasteiger partial charge in [-0.25, -0.2) is 0 Å². The van der Waals surface area contributed by atoms with Gasteiger partial charge in [-0.2, -0.15) is 0 Å². The second-order valence-electron chi connectivity index (χ2n) is 7.26. The molecule has 2 heterocycles. The van der Waals surface area contributed by atoms with Gasteiger partial charge in [-0.15, -0.1) is 0 Å². The molecule has 3 aromatic rings. The summed E-state index contributed by atoms with van der Waals surface area (Å²) in [6.45, 7) is 2.00. The molecule has 4 rings (SSSR count). The number of methoxy groups -OCH3 is 1. The molecule has 0 radical (unpaired) electrons. The van der Waals surface area contributed by atoms with E-state index in [1.165, 1.54) is 18.1 Å². The van der Waals surface area contributed by atoms with E-state index in [0.717, 1.165) is 11.1 Å². The highest BCUT2D eigenvalue weighted by atomic mass is 35.5. The summed E-state index contributed by atoms with van der Waals surface area (Å²) in [5.74, 6) is -0.392. The Hall–Kier alpha value is -3.35. The molecule has 2 aromatic carbocycles. The molecule has 1 N–H and O–H groups in total. The lowest BCUT2D eigenvalue weighted by atomic mass is 10.0. The lowest BCUT2D eigenvalue weighted by Crippen LogP contribution is -2.32. The van der Waals surface area contributed by atoms with Gasteiger partial charge in [0, 0.05) is 23.0 Å². The number of amides is 2. The zero-order valence-electron chi connectivity index (χ0n) is 17.4. The van der Waals surface area contributed by atoms with Crippen LogP contribution in [0.15, 0.2) is 66.6 Å². The van der Waals surface area contributed by atoms with Gasteiger partial charge in [-0.1, -0.05) is 41.4 Å². The van der Waals surface area contributed by atoms with E-state index in [-0.39, 0.29) is 22.8 Å². The summed E-state index contributed by atoms with van der Waals surface area (Å²) in [5, 5.41) is 3.82. The number of nitrogens with one attached hydrogen (secondary N) is 1. The van der Waals surface area contributed by atoms with Crippen LogP contribution in [-0.2, 0) is 16.1 Å². The fourth-order valence-corrected chi connectivity index (χ4v) is 4.01. The third-order valence-electron chi connectivity index (χ3n) is 5.05. The van der Waals surface area contributed by atoms with Crippen LogP contribution < -0.4 is 10.1 Å². The van der Waals surface area contributed by atoms with Gasteiger partial charge in [-0.05, 0) is 48.4 Å². The Kier molecular flexibility index (Phi) is 6.17. The summed E-state index contributed by atoms with van der Waals surface area (Å²) >= 11 is 12.5. The Labute approximate surface area is 195 Å². The number of halogens is 2. The van der Waals surface area contributed by atoms with Gasteiger partial charge in [0.25, 0.3) is 11.8 Å². The molecule has 2 amide bonds. The van der Waals surface area contributed by atoms with Gasteiger partial charge in [0.1, 0.15) is 11.4 Å². The highest BCUT2D eigenvalue weighted by Gasteiger charge is 2.40. The van der Waals surface area contributed by atoms with E-state index >= 15 is 0 Å². The quantitative estimate of drug-likeness (QED) is 0.510. The van der Waals surface area contributed by atoms with E-state index < -0.39 is 11.8 Å². The van der Waals surface area contributed by atoms with Gasteiger partial charge in [0.15, 0.2) is 0 Å². The standard InChI is InChI=1S/C24H19Cl2N3O3/c1-14-5-8-20(32-2)19(10-14)28-22-21(17-7-6-16(25)11-18(17)26)23(30)29(24(22)31)13-15-4-3-9-27-12-15/h3-12,28H,13H2,1-2H3. The zero-order valence-corrected chi connectivity index (χ0v) is 18.9. The van der Waals surface area contributed by atoms with Crippen molar-refractivity contribution < 1.29 is 14.3 Å². The molecule has 8 heteroatoms. The molecular weight excluding hydrogens is 449 g/mol. The van der Waals surface area contributed by atoms with Crippen molar-refractivity contribution in [1.29, 1.82) is 0 Å². The summed E-state index contributed by atoms with van der Waals surface area (Å²) in [6.07, 6.45) is 3.25. The molecule has 0 unspecified atom stereocenters. The van der Waals surface area contributed by atoms with Crippen molar-refractivity contribution in [1.82, 2.24) is 9.88 Å². The number of ether oxygens (including phenoxy) is 1. The zero-order chi connectivity index (χ0) is 22.8. The van der Waals surface area contributed by atoms with Crippen molar-refractivity contribution in [3.8, 4) is 5.75 Å². The van der Waals surface area contributed by atoms with E-state index in [9.17, 15) is 9.59 Å². The highest BCUT2D eigenvalue weighted by molar-refractivity contribution is 6.41. The maximum Gasteiger partial charge on any atom is 0.278 e. The monoisotopic (exact) mass is 467 g/mol. The number of aryl methyl sites for hydroxylation is 1. The Balaban J connectivity index is 1.82. The average molecular weight is 468 g/mol. The Morgan fingerprint density at radius 2 is 1.88 bits per heavy atom. The molecule has 32 heavy (non-hydrogen) atoms. The smallest absolute Gasteiger partial charge is 0.278 e. The molecule has 1 aliphatic heterocycles. The summed E-state index contributed by atoms with van der Waals surface area (Å²) in [6, 6.07) is 13.9. The Morgan fingerprint density at radius 3 is 2.56 bits per heavy atom. The van der Waals surface area contributed by atoms with Gasteiger partial charge in [0.2, 0.25) is 0 Å². The minimum Gasteiger partial charge on any atom is -0.495 e. The minimum absolute atomic E-state index is 0.0797. The van der Waals surface area contributed by atoms with Crippen LogP contribution in [0.5, 0.6) is 5.75 Å². The number of hydrogen-bond acceptors (Lipinski definition) is 5.